The molecular weight excluding hydrogens is 347 g/mol. The normalized spacial score (nSPS) is 25.1. The summed E-state index contributed by atoms with van der Waals surface area (Å²) in [7, 11) is 3.48. The molecule has 3 heterocycles. The highest BCUT2D eigenvalue weighted by Crippen LogP contribution is 2.45. The number of hydrogen-bond donors (Lipinski definition) is 0. The van der Waals surface area contributed by atoms with E-state index in [2.05, 4.69) is 10.00 Å². The molecule has 2 saturated heterocycles. The highest BCUT2D eigenvalue weighted by Gasteiger charge is 2.49. The van der Waals surface area contributed by atoms with Crippen molar-refractivity contribution >= 4 is 5.91 Å². The van der Waals surface area contributed by atoms with E-state index in [1.54, 1.807) is 12.1 Å². The molecule has 0 unspecified atom stereocenters. The first-order valence-electron chi connectivity index (χ1n) is 9.30. The van der Waals surface area contributed by atoms with Crippen LogP contribution in [0.2, 0.25) is 0 Å². The van der Waals surface area contributed by atoms with E-state index in [1.165, 1.54) is 18.9 Å². The van der Waals surface area contributed by atoms with E-state index in [0.717, 1.165) is 25.2 Å². The Balaban J connectivity index is 1.57. The van der Waals surface area contributed by atoms with Gasteiger partial charge in [-0.3, -0.25) is 14.4 Å². The molecule has 144 valence electrons. The minimum atomic E-state index is -0.264. The maximum atomic E-state index is 13.9. The summed E-state index contributed by atoms with van der Waals surface area (Å²) in [5.41, 5.74) is 2.04. The predicted molar refractivity (Wildman–Crippen MR) is 98.2 cm³/mol. The molecule has 2 aliphatic rings. The van der Waals surface area contributed by atoms with E-state index in [0.29, 0.717) is 18.4 Å². The summed E-state index contributed by atoms with van der Waals surface area (Å²) in [6.07, 6.45) is 1.81. The summed E-state index contributed by atoms with van der Waals surface area (Å²) in [4.78, 5) is 16.9. The lowest BCUT2D eigenvalue weighted by molar-refractivity contribution is -0.136. The molecular formula is C20H25FN4O2. The Labute approximate surface area is 158 Å². The second-order valence-electron chi connectivity index (χ2n) is 7.54. The van der Waals surface area contributed by atoms with E-state index < -0.39 is 0 Å². The fourth-order valence-electron chi connectivity index (χ4n) is 4.63. The second kappa shape index (κ2) is 7.40. The first kappa shape index (κ1) is 18.1. The number of nitrogens with zero attached hydrogens (tertiary/aromatic N) is 4. The van der Waals surface area contributed by atoms with Crippen LogP contribution < -0.4 is 0 Å². The summed E-state index contributed by atoms with van der Waals surface area (Å²) >= 11 is 0. The number of likely N-dealkylation sites (tertiary alicyclic amines) is 2. The number of fused-ring (bicyclic) bond motifs is 1. The molecule has 0 aliphatic carbocycles. The highest BCUT2D eigenvalue weighted by atomic mass is 19.1. The van der Waals surface area contributed by atoms with Crippen LogP contribution in [-0.2, 0) is 23.1 Å². The zero-order valence-corrected chi connectivity index (χ0v) is 15.7. The number of halogens is 1. The molecule has 2 fully saturated rings. The molecule has 2 aliphatic heterocycles. The fraction of sp³-hybridized carbons (Fsp3) is 0.500. The van der Waals surface area contributed by atoms with E-state index in [-0.39, 0.29) is 24.4 Å². The molecule has 4 rings (SSSR count). The molecule has 6 nitrogen and oxygen atoms in total. The van der Waals surface area contributed by atoms with Gasteiger partial charge in [0.25, 0.3) is 0 Å². The van der Waals surface area contributed by atoms with Gasteiger partial charge in [0.05, 0.1) is 11.7 Å². The Morgan fingerprint density at radius 3 is 2.85 bits per heavy atom. The number of rotatable bonds is 5. The lowest BCUT2D eigenvalue weighted by Crippen LogP contribution is -2.37. The topological polar surface area (TPSA) is 50.6 Å². The van der Waals surface area contributed by atoms with Gasteiger partial charge >= 0.3 is 0 Å². The van der Waals surface area contributed by atoms with Crippen LogP contribution >= 0.6 is 0 Å². The number of aromatic nitrogens is 2. The van der Waals surface area contributed by atoms with Crippen molar-refractivity contribution in [3.05, 3.63) is 53.6 Å². The van der Waals surface area contributed by atoms with Crippen molar-refractivity contribution < 1.29 is 13.9 Å². The molecule has 1 aromatic heterocycles. The van der Waals surface area contributed by atoms with Crippen molar-refractivity contribution in [2.24, 2.45) is 18.9 Å². The maximum absolute atomic E-state index is 13.9. The number of amides is 1. The maximum Gasteiger partial charge on any atom is 0.249 e. The van der Waals surface area contributed by atoms with Crippen LogP contribution in [0.1, 0.15) is 17.3 Å². The monoisotopic (exact) mass is 372 g/mol. The van der Waals surface area contributed by atoms with Gasteiger partial charge in [-0.05, 0) is 29.7 Å². The number of aryl methyl sites for hydroxylation is 1. The van der Waals surface area contributed by atoms with Gasteiger partial charge in [-0.1, -0.05) is 12.1 Å². The molecule has 0 N–H and O–H groups in total. The first-order chi connectivity index (χ1) is 13.1. The predicted octanol–water partition coefficient (Wildman–Crippen LogP) is 1.84. The molecule has 2 aromatic rings. The highest BCUT2D eigenvalue weighted by molar-refractivity contribution is 5.78. The minimum absolute atomic E-state index is 0.0284. The Morgan fingerprint density at radius 2 is 2.15 bits per heavy atom. The van der Waals surface area contributed by atoms with Crippen LogP contribution in [0, 0.1) is 17.7 Å². The molecule has 1 aromatic carbocycles. The second-order valence-corrected chi connectivity index (χ2v) is 7.54. The summed E-state index contributed by atoms with van der Waals surface area (Å²) in [5.74, 6) is 0.382. The Hall–Kier alpha value is -2.25. The zero-order valence-electron chi connectivity index (χ0n) is 15.7. The molecule has 1 amide bonds. The van der Waals surface area contributed by atoms with Crippen molar-refractivity contribution in [1.82, 2.24) is 19.6 Å². The van der Waals surface area contributed by atoms with Crippen molar-refractivity contribution in [2.45, 2.75) is 12.6 Å². The Kier molecular flexibility index (Phi) is 4.97. The number of methoxy groups -OCH3 is 1. The third-order valence-electron chi connectivity index (χ3n) is 5.83. The first-order valence-corrected chi connectivity index (χ1v) is 9.30. The van der Waals surface area contributed by atoms with Crippen LogP contribution in [0.15, 0.2) is 36.5 Å². The average molecular weight is 372 g/mol. The van der Waals surface area contributed by atoms with E-state index in [9.17, 15) is 9.18 Å². The van der Waals surface area contributed by atoms with E-state index >= 15 is 0 Å². The smallest absolute Gasteiger partial charge is 0.249 e. The van der Waals surface area contributed by atoms with Gasteiger partial charge in [-0.25, -0.2) is 4.39 Å². The van der Waals surface area contributed by atoms with Crippen LogP contribution in [0.25, 0.3) is 0 Å². The van der Waals surface area contributed by atoms with Gasteiger partial charge in [0.2, 0.25) is 5.91 Å². The largest absolute Gasteiger partial charge is 0.375 e. The summed E-state index contributed by atoms with van der Waals surface area (Å²) in [6.45, 7) is 3.40. The van der Waals surface area contributed by atoms with Crippen molar-refractivity contribution in [3.63, 3.8) is 0 Å². The van der Waals surface area contributed by atoms with Crippen molar-refractivity contribution in [2.75, 3.05) is 33.4 Å². The van der Waals surface area contributed by atoms with Crippen LogP contribution in [0.5, 0.6) is 0 Å². The van der Waals surface area contributed by atoms with Crippen LogP contribution in [0.4, 0.5) is 4.39 Å². The van der Waals surface area contributed by atoms with Gasteiger partial charge < -0.3 is 9.64 Å². The minimum Gasteiger partial charge on any atom is -0.375 e. The lowest BCUT2D eigenvalue weighted by Gasteiger charge is -2.30. The van der Waals surface area contributed by atoms with Gasteiger partial charge in [0.1, 0.15) is 12.4 Å². The number of benzene rings is 1. The standard InChI is InChI=1S/C20H25FN4O2/c1-23-17(6-7-22-23)11-24-9-15-10-25(19(26)13-27-2)20(18(15)12-24)14-4-3-5-16(21)8-14/h3-8,15,18,20H,9-13H2,1-2H3/t15-,18-,20+/m1/s1. The number of carbonyl (C=O) groups is 1. The van der Waals surface area contributed by atoms with E-state index in [4.69, 9.17) is 4.74 Å². The van der Waals surface area contributed by atoms with Gasteiger partial charge in [0, 0.05) is 52.5 Å². The molecule has 0 bridgehead atoms. The van der Waals surface area contributed by atoms with Crippen LogP contribution in [0.3, 0.4) is 0 Å². The molecule has 0 spiro atoms. The van der Waals surface area contributed by atoms with Crippen molar-refractivity contribution in [3.8, 4) is 0 Å². The van der Waals surface area contributed by atoms with Crippen molar-refractivity contribution in [1.29, 1.82) is 0 Å². The lowest BCUT2D eigenvalue weighted by atomic mass is 9.89. The summed E-state index contributed by atoms with van der Waals surface area (Å²) in [6, 6.07) is 8.58. The Morgan fingerprint density at radius 1 is 1.30 bits per heavy atom. The number of hydrogen-bond acceptors (Lipinski definition) is 4. The quantitative estimate of drug-likeness (QED) is 0.804. The third-order valence-corrected chi connectivity index (χ3v) is 5.83. The molecule has 0 radical (unpaired) electrons. The molecule has 7 heteroatoms. The van der Waals surface area contributed by atoms with Gasteiger partial charge in [0.15, 0.2) is 0 Å². The van der Waals surface area contributed by atoms with E-state index in [1.807, 2.05) is 35.0 Å². The molecule has 3 atom stereocenters. The zero-order chi connectivity index (χ0) is 19.0. The average Bonchev–Trinajstić information content (AvgIpc) is 3.30. The van der Waals surface area contributed by atoms with Crippen LogP contribution in [-0.4, -0.2) is 58.8 Å². The molecule has 27 heavy (non-hydrogen) atoms. The number of ether oxygens (including phenoxy) is 1. The molecule has 0 saturated carbocycles. The van der Waals surface area contributed by atoms with Gasteiger partial charge in [-0.2, -0.15) is 5.10 Å². The Bertz CT molecular complexity index is 824. The summed E-state index contributed by atoms with van der Waals surface area (Å²) < 4.78 is 20.8. The summed E-state index contributed by atoms with van der Waals surface area (Å²) in [5, 5.41) is 4.24. The SMILES string of the molecule is COCC(=O)N1C[C@H]2CN(Cc3ccnn3C)C[C@H]2[C@@H]1c1cccc(F)c1. The third kappa shape index (κ3) is 3.49. The fourth-order valence-corrected chi connectivity index (χ4v) is 4.63. The van der Waals surface area contributed by atoms with Gasteiger partial charge in [-0.15, -0.1) is 0 Å². The number of carbonyl (C=O) groups excluding carboxylic acids is 1.